The quantitative estimate of drug-likeness (QED) is 0.495. The molecular weight excluding hydrogens is 406 g/mol. The van der Waals surface area contributed by atoms with E-state index < -0.39 is 0 Å². The van der Waals surface area contributed by atoms with Crippen molar-refractivity contribution in [2.24, 2.45) is 11.8 Å². The predicted molar refractivity (Wildman–Crippen MR) is 115 cm³/mol. The highest BCUT2D eigenvalue weighted by molar-refractivity contribution is 5.52. The maximum atomic E-state index is 5.94. The lowest BCUT2D eigenvalue weighted by Crippen LogP contribution is -2.23. The van der Waals surface area contributed by atoms with Gasteiger partial charge in [-0.3, -0.25) is 0 Å². The van der Waals surface area contributed by atoms with Crippen LogP contribution in [-0.2, 0) is 6.42 Å². The van der Waals surface area contributed by atoms with Crippen LogP contribution in [-0.4, -0.2) is 48.7 Å². The molecule has 0 spiro atoms. The number of hydrogen-bond donors (Lipinski definition) is 2. The number of hydrogen-bond acceptors (Lipinski definition) is 9. The number of anilines is 2. The standard InChI is InChI=1S/C22H21N9O/c1-2-4-14-12(3-1)5-6-17(14)26-21-23-7-13(8-24-21)20-28-29-22(32-20)31-10-15-16(11-31)19(15)18-9-25-30-27-18/h1-4,7-9,15-17,19H,5-6,10-11H2,(H,23,24,26)(H,25,27,30)/t15-,16+,17-,19?/m0/s1. The van der Waals surface area contributed by atoms with Gasteiger partial charge in [0.1, 0.15) is 0 Å². The van der Waals surface area contributed by atoms with Crippen molar-refractivity contribution in [2.45, 2.75) is 24.8 Å². The Kier molecular flexibility index (Phi) is 3.81. The zero-order valence-electron chi connectivity index (χ0n) is 17.2. The van der Waals surface area contributed by atoms with Crippen LogP contribution in [0.5, 0.6) is 0 Å². The van der Waals surface area contributed by atoms with Gasteiger partial charge in [-0.15, -0.1) is 5.10 Å². The third kappa shape index (κ3) is 2.86. The predicted octanol–water partition coefficient (Wildman–Crippen LogP) is 2.59. The Morgan fingerprint density at radius 1 is 1.03 bits per heavy atom. The number of fused-ring (bicyclic) bond motifs is 2. The summed E-state index contributed by atoms with van der Waals surface area (Å²) in [6, 6.07) is 9.32. The molecule has 4 aromatic rings. The topological polar surface area (TPSA) is 122 Å². The van der Waals surface area contributed by atoms with E-state index in [1.165, 1.54) is 11.1 Å². The van der Waals surface area contributed by atoms with E-state index in [1.807, 2.05) is 6.20 Å². The van der Waals surface area contributed by atoms with E-state index in [9.17, 15) is 0 Å². The molecular formula is C22H21N9O. The van der Waals surface area contributed by atoms with Crippen LogP contribution in [0.15, 0.2) is 47.3 Å². The fourth-order valence-corrected chi connectivity index (χ4v) is 5.33. The summed E-state index contributed by atoms with van der Waals surface area (Å²) in [5, 5.41) is 22.8. The second-order valence-electron chi connectivity index (χ2n) is 8.77. The number of aromatic nitrogens is 7. The summed E-state index contributed by atoms with van der Waals surface area (Å²) < 4.78 is 5.94. The van der Waals surface area contributed by atoms with Crippen LogP contribution in [0.25, 0.3) is 11.5 Å². The molecule has 7 rings (SSSR count). The Labute approximate surface area is 183 Å². The van der Waals surface area contributed by atoms with Crippen molar-refractivity contribution in [2.75, 3.05) is 23.3 Å². The summed E-state index contributed by atoms with van der Waals surface area (Å²) in [6.45, 7) is 1.79. The molecule has 1 saturated heterocycles. The first-order chi connectivity index (χ1) is 15.8. The summed E-state index contributed by atoms with van der Waals surface area (Å²) in [5.74, 6) is 2.68. The molecule has 0 bridgehead atoms. The van der Waals surface area contributed by atoms with Crippen LogP contribution >= 0.6 is 0 Å². The number of nitrogens with one attached hydrogen (secondary N) is 2. The lowest BCUT2D eigenvalue weighted by molar-refractivity contribution is 0.543. The van der Waals surface area contributed by atoms with Gasteiger partial charge in [-0.25, -0.2) is 9.97 Å². The number of piperidine rings is 1. The number of rotatable bonds is 5. The highest BCUT2D eigenvalue weighted by Crippen LogP contribution is 2.58. The molecule has 160 valence electrons. The minimum atomic E-state index is 0.245. The highest BCUT2D eigenvalue weighted by Gasteiger charge is 2.58. The van der Waals surface area contributed by atoms with Gasteiger partial charge in [-0.1, -0.05) is 29.4 Å². The van der Waals surface area contributed by atoms with Gasteiger partial charge in [0, 0.05) is 31.4 Å². The van der Waals surface area contributed by atoms with Gasteiger partial charge in [0.05, 0.1) is 23.5 Å². The molecule has 4 heterocycles. The second-order valence-corrected chi connectivity index (χ2v) is 8.77. The average Bonchev–Trinajstić information content (AvgIpc) is 3.46. The van der Waals surface area contributed by atoms with Crippen molar-refractivity contribution < 1.29 is 4.42 Å². The summed E-state index contributed by atoms with van der Waals surface area (Å²) in [5.41, 5.74) is 4.49. The first-order valence-electron chi connectivity index (χ1n) is 10.9. The number of aromatic amines is 1. The summed E-state index contributed by atoms with van der Waals surface area (Å²) in [7, 11) is 0. The fourth-order valence-electron chi connectivity index (χ4n) is 5.33. The number of nitrogens with zero attached hydrogens (tertiary/aromatic N) is 7. The zero-order valence-corrected chi connectivity index (χ0v) is 17.2. The molecule has 0 amide bonds. The third-order valence-electron chi connectivity index (χ3n) is 6.99. The normalized spacial score (nSPS) is 25.6. The van der Waals surface area contributed by atoms with Crippen LogP contribution in [0.3, 0.4) is 0 Å². The molecule has 2 fully saturated rings. The largest absolute Gasteiger partial charge is 0.403 e. The molecule has 1 saturated carbocycles. The molecule has 10 heteroatoms. The Balaban J connectivity index is 1.01. The van der Waals surface area contributed by atoms with E-state index in [4.69, 9.17) is 4.42 Å². The van der Waals surface area contributed by atoms with Crippen molar-refractivity contribution in [3.63, 3.8) is 0 Å². The molecule has 4 atom stereocenters. The minimum absolute atomic E-state index is 0.245. The van der Waals surface area contributed by atoms with Crippen LogP contribution in [0, 0.1) is 11.8 Å². The third-order valence-corrected chi connectivity index (χ3v) is 6.99. The van der Waals surface area contributed by atoms with Gasteiger partial charge < -0.3 is 14.6 Å². The van der Waals surface area contributed by atoms with Gasteiger partial charge >= 0.3 is 6.01 Å². The van der Waals surface area contributed by atoms with Crippen molar-refractivity contribution in [3.05, 3.63) is 59.7 Å². The summed E-state index contributed by atoms with van der Waals surface area (Å²) >= 11 is 0. The number of H-pyrrole nitrogens is 1. The van der Waals surface area contributed by atoms with Crippen molar-refractivity contribution >= 4 is 12.0 Å². The Bertz CT molecular complexity index is 1240. The zero-order chi connectivity index (χ0) is 21.1. The molecule has 10 nitrogen and oxygen atoms in total. The molecule has 2 N–H and O–H groups in total. The van der Waals surface area contributed by atoms with E-state index >= 15 is 0 Å². The van der Waals surface area contributed by atoms with Crippen molar-refractivity contribution in [1.82, 2.24) is 35.6 Å². The number of benzene rings is 1. The van der Waals surface area contributed by atoms with E-state index in [-0.39, 0.29) is 6.04 Å². The van der Waals surface area contributed by atoms with E-state index in [1.54, 1.807) is 12.4 Å². The average molecular weight is 427 g/mol. The van der Waals surface area contributed by atoms with Crippen molar-refractivity contribution in [3.8, 4) is 11.5 Å². The van der Waals surface area contributed by atoms with E-state index in [0.717, 1.165) is 31.6 Å². The minimum Gasteiger partial charge on any atom is -0.403 e. The summed E-state index contributed by atoms with van der Waals surface area (Å²) in [6.07, 6.45) is 7.41. The van der Waals surface area contributed by atoms with Gasteiger partial charge in [0.15, 0.2) is 0 Å². The summed E-state index contributed by atoms with van der Waals surface area (Å²) in [4.78, 5) is 11.1. The highest BCUT2D eigenvalue weighted by atomic mass is 16.4. The number of aryl methyl sites for hydroxylation is 1. The Hall–Kier alpha value is -3.82. The van der Waals surface area contributed by atoms with Crippen molar-refractivity contribution in [1.29, 1.82) is 0 Å². The molecule has 1 aliphatic heterocycles. The van der Waals surface area contributed by atoms with Crippen LogP contribution in [0.2, 0.25) is 0 Å². The maximum absolute atomic E-state index is 5.94. The fraction of sp³-hybridized carbons (Fsp3) is 0.364. The molecule has 1 unspecified atom stereocenters. The maximum Gasteiger partial charge on any atom is 0.318 e. The van der Waals surface area contributed by atoms with Crippen LogP contribution in [0.4, 0.5) is 12.0 Å². The van der Waals surface area contributed by atoms with E-state index in [0.29, 0.717) is 41.2 Å². The lowest BCUT2D eigenvalue weighted by Gasteiger charge is -2.15. The van der Waals surface area contributed by atoms with Crippen LogP contribution < -0.4 is 10.2 Å². The first-order valence-corrected chi connectivity index (χ1v) is 10.9. The Morgan fingerprint density at radius 2 is 1.88 bits per heavy atom. The van der Waals surface area contributed by atoms with Gasteiger partial charge in [-0.05, 0) is 35.8 Å². The molecule has 3 aliphatic rings. The SMILES string of the molecule is c1ccc2c(c1)CC[C@@H]2Nc1ncc(-c2nnc(N3C[C@@H]4C(c5cn[nH]n5)[C@@H]4C3)o2)cn1. The van der Waals surface area contributed by atoms with Crippen LogP contribution in [0.1, 0.15) is 35.2 Å². The smallest absolute Gasteiger partial charge is 0.318 e. The first kappa shape index (κ1) is 17.8. The monoisotopic (exact) mass is 427 g/mol. The molecule has 0 radical (unpaired) electrons. The Morgan fingerprint density at radius 3 is 2.69 bits per heavy atom. The van der Waals surface area contributed by atoms with Gasteiger partial charge in [0.2, 0.25) is 5.95 Å². The van der Waals surface area contributed by atoms with Gasteiger partial charge in [0.25, 0.3) is 5.89 Å². The molecule has 2 aliphatic carbocycles. The molecule has 32 heavy (non-hydrogen) atoms. The molecule has 1 aromatic carbocycles. The van der Waals surface area contributed by atoms with E-state index in [2.05, 4.69) is 70.1 Å². The van der Waals surface area contributed by atoms with Gasteiger partial charge in [-0.2, -0.15) is 15.4 Å². The second kappa shape index (κ2) is 6.84. The molecule has 3 aromatic heterocycles. The lowest BCUT2D eigenvalue weighted by atomic mass is 10.1.